The summed E-state index contributed by atoms with van der Waals surface area (Å²) >= 11 is 0. The van der Waals surface area contributed by atoms with E-state index in [1.54, 1.807) is 0 Å². The minimum Gasteiger partial charge on any atom is -0.381 e. The molecule has 1 aliphatic rings. The predicted molar refractivity (Wildman–Crippen MR) is 48.4 cm³/mol. The van der Waals surface area contributed by atoms with Crippen LogP contribution in [0.3, 0.4) is 0 Å². The molecule has 0 aliphatic carbocycles. The highest BCUT2D eigenvalue weighted by molar-refractivity contribution is 5.41. The number of nitrogens with zero attached hydrogens (tertiary/aromatic N) is 1. The summed E-state index contributed by atoms with van der Waals surface area (Å²) in [6.45, 7) is 3.56. The number of rotatable bonds is 1. The molecule has 1 aliphatic heterocycles. The van der Waals surface area contributed by atoms with Crippen LogP contribution in [-0.4, -0.2) is 18.4 Å². The first-order chi connectivity index (χ1) is 6.29. The van der Waals surface area contributed by atoms with E-state index in [1.165, 1.54) is 0 Å². The van der Waals surface area contributed by atoms with Crippen molar-refractivity contribution in [1.29, 1.82) is 0 Å². The van der Waals surface area contributed by atoms with Crippen molar-refractivity contribution in [2.24, 2.45) is 0 Å². The molecule has 4 nitrogen and oxygen atoms in total. The Kier molecular flexibility index (Phi) is 2.22. The van der Waals surface area contributed by atoms with Crippen LogP contribution in [0.15, 0.2) is 4.52 Å². The molecule has 2 rings (SSSR count). The SMILES string of the molecule is Cc1noc(N)c1C1CCOCC1. The van der Waals surface area contributed by atoms with Crippen LogP contribution >= 0.6 is 0 Å². The van der Waals surface area contributed by atoms with E-state index in [0.29, 0.717) is 11.8 Å². The van der Waals surface area contributed by atoms with Gasteiger partial charge in [0.1, 0.15) is 0 Å². The lowest BCUT2D eigenvalue weighted by molar-refractivity contribution is 0.0853. The number of aromatic nitrogens is 1. The average Bonchev–Trinajstić information content (AvgIpc) is 2.48. The van der Waals surface area contributed by atoms with Gasteiger partial charge in [0, 0.05) is 18.8 Å². The lowest BCUT2D eigenvalue weighted by Gasteiger charge is -2.21. The normalized spacial score (nSPS) is 19.2. The zero-order valence-electron chi connectivity index (χ0n) is 7.75. The van der Waals surface area contributed by atoms with Crippen LogP contribution in [0.4, 0.5) is 5.88 Å². The van der Waals surface area contributed by atoms with Gasteiger partial charge in [0.25, 0.3) is 0 Å². The van der Waals surface area contributed by atoms with Crippen molar-refractivity contribution in [3.63, 3.8) is 0 Å². The second-order valence-corrected chi connectivity index (χ2v) is 3.43. The molecule has 0 spiro atoms. The molecule has 2 N–H and O–H groups in total. The Hall–Kier alpha value is -1.03. The van der Waals surface area contributed by atoms with Crippen LogP contribution in [0, 0.1) is 6.92 Å². The van der Waals surface area contributed by atoms with E-state index >= 15 is 0 Å². The van der Waals surface area contributed by atoms with Gasteiger partial charge in [-0.2, -0.15) is 0 Å². The Morgan fingerprint density at radius 2 is 2.08 bits per heavy atom. The molecule has 0 unspecified atom stereocenters. The van der Waals surface area contributed by atoms with Gasteiger partial charge in [-0.3, -0.25) is 0 Å². The molecule has 1 fully saturated rings. The number of anilines is 1. The molecule has 0 saturated carbocycles. The number of nitrogens with two attached hydrogens (primary N) is 1. The van der Waals surface area contributed by atoms with Crippen LogP contribution in [0.1, 0.15) is 30.0 Å². The third-order valence-electron chi connectivity index (χ3n) is 2.57. The third kappa shape index (κ3) is 1.54. The van der Waals surface area contributed by atoms with Crippen LogP contribution in [0.2, 0.25) is 0 Å². The second kappa shape index (κ2) is 3.38. The fourth-order valence-corrected chi connectivity index (χ4v) is 1.88. The molecule has 0 aromatic carbocycles. The van der Waals surface area contributed by atoms with Crippen LogP contribution in [0.5, 0.6) is 0 Å². The molecule has 72 valence electrons. The maximum absolute atomic E-state index is 5.70. The number of nitrogen functional groups attached to an aromatic ring is 1. The summed E-state index contributed by atoms with van der Waals surface area (Å²) in [6, 6.07) is 0. The summed E-state index contributed by atoms with van der Waals surface area (Å²) in [5, 5.41) is 3.85. The molecule has 4 heteroatoms. The zero-order valence-corrected chi connectivity index (χ0v) is 7.75. The Bertz CT molecular complexity index is 270. The Morgan fingerprint density at radius 3 is 2.62 bits per heavy atom. The smallest absolute Gasteiger partial charge is 0.225 e. The molecular formula is C9H14N2O2. The molecule has 1 aromatic rings. The van der Waals surface area contributed by atoms with Gasteiger partial charge in [0.15, 0.2) is 0 Å². The summed E-state index contributed by atoms with van der Waals surface area (Å²) in [5.41, 5.74) is 7.71. The van der Waals surface area contributed by atoms with Crippen molar-refractivity contribution in [2.45, 2.75) is 25.7 Å². The summed E-state index contributed by atoms with van der Waals surface area (Å²) in [7, 11) is 0. The molecule has 0 radical (unpaired) electrons. The summed E-state index contributed by atoms with van der Waals surface area (Å²) in [4.78, 5) is 0. The highest BCUT2D eigenvalue weighted by Crippen LogP contribution is 2.32. The van der Waals surface area contributed by atoms with E-state index in [1.807, 2.05) is 6.92 Å². The molecule has 1 aromatic heterocycles. The molecular weight excluding hydrogens is 168 g/mol. The van der Waals surface area contributed by atoms with Gasteiger partial charge in [-0.25, -0.2) is 0 Å². The topological polar surface area (TPSA) is 61.3 Å². The number of hydrogen-bond acceptors (Lipinski definition) is 4. The van der Waals surface area contributed by atoms with Crippen LogP contribution in [0.25, 0.3) is 0 Å². The quantitative estimate of drug-likeness (QED) is 0.714. The Labute approximate surface area is 77.0 Å². The highest BCUT2D eigenvalue weighted by atomic mass is 16.5. The van der Waals surface area contributed by atoms with Gasteiger partial charge in [-0.1, -0.05) is 5.16 Å². The predicted octanol–water partition coefficient (Wildman–Crippen LogP) is 1.46. The van der Waals surface area contributed by atoms with Crippen LogP contribution < -0.4 is 5.73 Å². The minimum absolute atomic E-state index is 0.472. The zero-order chi connectivity index (χ0) is 9.26. The van der Waals surface area contributed by atoms with E-state index in [2.05, 4.69) is 5.16 Å². The largest absolute Gasteiger partial charge is 0.381 e. The van der Waals surface area contributed by atoms with Crippen molar-refractivity contribution in [3.8, 4) is 0 Å². The maximum atomic E-state index is 5.70. The van der Waals surface area contributed by atoms with Crippen molar-refractivity contribution in [2.75, 3.05) is 18.9 Å². The molecule has 0 bridgehead atoms. The van der Waals surface area contributed by atoms with Crippen molar-refractivity contribution >= 4 is 5.88 Å². The average molecular weight is 182 g/mol. The van der Waals surface area contributed by atoms with Gasteiger partial charge in [0.05, 0.1) is 5.69 Å². The Balaban J connectivity index is 2.22. The van der Waals surface area contributed by atoms with Gasteiger partial charge in [-0.05, 0) is 25.7 Å². The second-order valence-electron chi connectivity index (χ2n) is 3.43. The van der Waals surface area contributed by atoms with E-state index in [-0.39, 0.29) is 0 Å². The summed E-state index contributed by atoms with van der Waals surface area (Å²) in [5.74, 6) is 0.949. The van der Waals surface area contributed by atoms with Crippen LogP contribution in [-0.2, 0) is 4.74 Å². The van der Waals surface area contributed by atoms with E-state index in [4.69, 9.17) is 15.0 Å². The van der Waals surface area contributed by atoms with E-state index < -0.39 is 0 Å². The van der Waals surface area contributed by atoms with Crippen molar-refractivity contribution in [1.82, 2.24) is 5.16 Å². The molecule has 0 amide bonds. The van der Waals surface area contributed by atoms with Gasteiger partial charge < -0.3 is 15.0 Å². The first kappa shape index (κ1) is 8.56. The van der Waals surface area contributed by atoms with E-state index in [0.717, 1.165) is 37.3 Å². The fourth-order valence-electron chi connectivity index (χ4n) is 1.88. The lowest BCUT2D eigenvalue weighted by atomic mass is 9.92. The maximum Gasteiger partial charge on any atom is 0.225 e. The lowest BCUT2D eigenvalue weighted by Crippen LogP contribution is -2.15. The monoisotopic (exact) mass is 182 g/mol. The fraction of sp³-hybridized carbons (Fsp3) is 0.667. The van der Waals surface area contributed by atoms with Gasteiger partial charge >= 0.3 is 0 Å². The molecule has 1 saturated heterocycles. The van der Waals surface area contributed by atoms with Crippen molar-refractivity contribution < 1.29 is 9.26 Å². The molecule has 0 atom stereocenters. The number of ether oxygens (including phenoxy) is 1. The Morgan fingerprint density at radius 1 is 1.38 bits per heavy atom. The standard InChI is InChI=1S/C9H14N2O2/c1-6-8(9(10)13-11-6)7-2-4-12-5-3-7/h7H,2-5,10H2,1H3. The molecule has 2 heterocycles. The van der Waals surface area contributed by atoms with Crippen molar-refractivity contribution in [3.05, 3.63) is 11.3 Å². The molecule has 13 heavy (non-hydrogen) atoms. The third-order valence-corrected chi connectivity index (χ3v) is 2.57. The first-order valence-electron chi connectivity index (χ1n) is 4.58. The van der Waals surface area contributed by atoms with Gasteiger partial charge in [-0.15, -0.1) is 0 Å². The van der Waals surface area contributed by atoms with Gasteiger partial charge in [0.2, 0.25) is 5.88 Å². The first-order valence-corrected chi connectivity index (χ1v) is 4.58. The summed E-state index contributed by atoms with van der Waals surface area (Å²) in [6.07, 6.45) is 2.04. The summed E-state index contributed by atoms with van der Waals surface area (Å²) < 4.78 is 10.2. The van der Waals surface area contributed by atoms with E-state index in [9.17, 15) is 0 Å². The number of aryl methyl sites for hydroxylation is 1. The number of hydrogen-bond donors (Lipinski definition) is 1. The minimum atomic E-state index is 0.472. The highest BCUT2D eigenvalue weighted by Gasteiger charge is 2.23.